The molecule has 0 aliphatic rings. The van der Waals surface area contributed by atoms with E-state index in [1.807, 2.05) is 0 Å². The van der Waals surface area contributed by atoms with Crippen LogP contribution in [0.3, 0.4) is 0 Å². The monoisotopic (exact) mass is 614 g/mol. The number of fused-ring (bicyclic) bond motifs is 1. The molecule has 0 aliphatic heterocycles. The van der Waals surface area contributed by atoms with E-state index >= 15 is 0 Å². The van der Waals surface area contributed by atoms with Crippen molar-refractivity contribution in [2.24, 2.45) is 20.5 Å². The molecule has 0 amide bonds. The van der Waals surface area contributed by atoms with Crippen LogP contribution in [-0.2, 0) is 27.2 Å². The molecule has 4 rings (SSSR count). The summed E-state index contributed by atoms with van der Waals surface area (Å²) in [6.07, 6.45) is 0. The number of nitro benzene ring substituents is 2. The molecular weight excluding hydrogens is 603 g/mol. The summed E-state index contributed by atoms with van der Waals surface area (Å²) in [7, 11) is -4.45. The van der Waals surface area contributed by atoms with E-state index in [4.69, 9.17) is 0 Å². The first-order valence-electron chi connectivity index (χ1n) is 10.3. The van der Waals surface area contributed by atoms with Crippen LogP contribution in [0.15, 0.2) is 86.0 Å². The minimum Gasteiger partial charge on any atom is -0.871 e. The number of azo groups is 2. The minimum atomic E-state index is -4.45. The molecule has 0 aromatic heterocycles. The Hall–Kier alpha value is -4.43. The van der Waals surface area contributed by atoms with Crippen LogP contribution in [0.1, 0.15) is 0 Å². The molecule has 0 atom stereocenters. The van der Waals surface area contributed by atoms with Crippen molar-refractivity contribution < 1.29 is 74.1 Å². The average Bonchev–Trinajstić information content (AvgIpc) is 2.87. The number of hydrogen-bond acceptors (Lipinski definition) is 13. The Morgan fingerprint density at radius 3 is 1.85 bits per heavy atom. The summed E-state index contributed by atoms with van der Waals surface area (Å²) in [6.45, 7) is 0. The Bertz CT molecular complexity index is 1850. The van der Waals surface area contributed by atoms with Gasteiger partial charge in [-0.15, -0.1) is 5.11 Å². The Balaban J connectivity index is 0.00000294. The van der Waals surface area contributed by atoms with Gasteiger partial charge in [0, 0.05) is 17.2 Å². The fraction of sp³-hybridized carbons (Fsp3) is 0. The van der Waals surface area contributed by atoms with Crippen LogP contribution < -0.4 is 34.2 Å². The van der Waals surface area contributed by atoms with Gasteiger partial charge in [-0.25, -0.2) is 0 Å². The molecule has 204 valence electrons. The van der Waals surface area contributed by atoms with Gasteiger partial charge in [0.1, 0.15) is 0 Å². The van der Waals surface area contributed by atoms with Crippen molar-refractivity contribution in [1.82, 2.24) is 0 Å². The number of non-ortho nitro benzene ring substituents is 1. The molecule has 1 N–H and O–H groups in total. The van der Waals surface area contributed by atoms with Crippen LogP contribution in [0.2, 0.25) is 0 Å². The topological polar surface area (TPSA) is 259 Å². The van der Waals surface area contributed by atoms with Crippen molar-refractivity contribution in [2.75, 3.05) is 0 Å². The SMILES string of the molecule is O=[N+]([O-])c1cc(N=Nc2cc(N=Nc3cccc4cc(S(=O)(=O)O)ccc34)c([O-])cc2[O-])c([O-])c([N+](=O)[O-])c1.[Fe+2].[Li+]. The second kappa shape index (κ2) is 12.8. The van der Waals surface area contributed by atoms with E-state index in [0.29, 0.717) is 29.0 Å². The summed E-state index contributed by atoms with van der Waals surface area (Å²) < 4.78 is 32.0. The number of rotatable bonds is 7. The van der Waals surface area contributed by atoms with Crippen molar-refractivity contribution in [2.45, 2.75) is 4.90 Å². The molecule has 4 aromatic carbocycles. The van der Waals surface area contributed by atoms with Gasteiger partial charge >= 0.3 is 35.9 Å². The molecule has 0 unspecified atom stereocenters. The summed E-state index contributed by atoms with van der Waals surface area (Å²) >= 11 is 0. The molecule has 19 heteroatoms. The van der Waals surface area contributed by atoms with Crippen molar-refractivity contribution in [3.63, 3.8) is 0 Å². The third-order valence-corrected chi connectivity index (χ3v) is 5.99. The minimum absolute atomic E-state index is 0. The van der Waals surface area contributed by atoms with E-state index in [1.54, 1.807) is 6.07 Å². The molecule has 4 aromatic rings. The maximum Gasteiger partial charge on any atom is 2.00 e. The van der Waals surface area contributed by atoms with E-state index in [2.05, 4.69) is 20.5 Å². The van der Waals surface area contributed by atoms with E-state index in [-0.39, 0.29) is 52.2 Å². The smallest absolute Gasteiger partial charge is 0.871 e. The Kier molecular flexibility index (Phi) is 10.3. The Morgan fingerprint density at radius 1 is 0.707 bits per heavy atom. The molecule has 0 fully saturated rings. The standard InChI is InChI=1S/C22H14N6O10S.Fe.Li/c29-20-10-21(30)17(25-26-18-7-12(27(32)33)8-19(22(18)31)28(34)35)9-16(20)24-23-15-3-1-2-11-6-13(39(36,37)38)4-5-14(11)15;;/h1-10,29-31H,(H,36,37,38);;/q;+2;+1/p-3. The average molecular weight is 614 g/mol. The van der Waals surface area contributed by atoms with Crippen LogP contribution in [0, 0.1) is 20.2 Å². The Labute approximate surface area is 251 Å². The van der Waals surface area contributed by atoms with Crippen LogP contribution in [0.4, 0.5) is 34.1 Å². The predicted molar refractivity (Wildman–Crippen MR) is 127 cm³/mol. The zero-order valence-corrected chi connectivity index (χ0v) is 22.3. The summed E-state index contributed by atoms with van der Waals surface area (Å²) in [4.78, 5) is 19.6. The van der Waals surface area contributed by atoms with Crippen LogP contribution in [0.25, 0.3) is 10.8 Å². The fourth-order valence-electron chi connectivity index (χ4n) is 3.30. The van der Waals surface area contributed by atoms with Gasteiger partial charge < -0.3 is 15.3 Å². The van der Waals surface area contributed by atoms with Crippen LogP contribution in [-0.4, -0.2) is 22.8 Å². The number of nitro groups is 2. The van der Waals surface area contributed by atoms with Crippen LogP contribution >= 0.6 is 0 Å². The summed E-state index contributed by atoms with van der Waals surface area (Å²) in [6, 6.07) is 10.9. The van der Waals surface area contributed by atoms with E-state index in [0.717, 1.165) is 12.1 Å². The molecule has 0 radical (unpaired) electrons. The summed E-state index contributed by atoms with van der Waals surface area (Å²) in [5.41, 5.74) is -3.42. The van der Waals surface area contributed by atoms with Gasteiger partial charge in [-0.05, 0) is 29.7 Å². The van der Waals surface area contributed by atoms with Gasteiger partial charge in [0.05, 0.1) is 43.6 Å². The van der Waals surface area contributed by atoms with Crippen molar-refractivity contribution in [1.29, 1.82) is 0 Å². The van der Waals surface area contributed by atoms with Crippen molar-refractivity contribution >= 4 is 55.0 Å². The maximum atomic E-state index is 12.3. The molecule has 0 bridgehead atoms. The molecular formula is C22H11FeLiN6O10S. The van der Waals surface area contributed by atoms with Gasteiger partial charge in [0.25, 0.3) is 21.5 Å². The van der Waals surface area contributed by atoms with Gasteiger partial charge in [-0.1, -0.05) is 35.8 Å². The third-order valence-electron chi connectivity index (χ3n) is 5.14. The first-order chi connectivity index (χ1) is 18.3. The van der Waals surface area contributed by atoms with Crippen LogP contribution in [0.5, 0.6) is 17.2 Å². The number of benzene rings is 4. The zero-order chi connectivity index (χ0) is 28.5. The Morgan fingerprint density at radius 2 is 1.29 bits per heavy atom. The van der Waals surface area contributed by atoms with E-state index in [1.165, 1.54) is 24.3 Å². The largest absolute Gasteiger partial charge is 2.00 e. The first-order valence-corrected chi connectivity index (χ1v) is 11.8. The van der Waals surface area contributed by atoms with Crippen molar-refractivity contribution in [3.05, 3.63) is 80.9 Å². The predicted octanol–water partition coefficient (Wildman–Crippen LogP) is 0.956. The summed E-state index contributed by atoms with van der Waals surface area (Å²) in [5.74, 6) is -3.08. The number of hydrogen-bond donors (Lipinski definition) is 1. The molecule has 16 nitrogen and oxygen atoms in total. The second-order valence-corrected chi connectivity index (χ2v) is 9.07. The van der Waals surface area contributed by atoms with Gasteiger partial charge in [-0.2, -0.15) is 23.8 Å². The molecule has 41 heavy (non-hydrogen) atoms. The van der Waals surface area contributed by atoms with Gasteiger partial charge in [0.2, 0.25) is 0 Å². The summed E-state index contributed by atoms with van der Waals surface area (Å²) in [5, 5.41) is 74.4. The number of nitrogens with zero attached hydrogens (tertiary/aromatic N) is 6. The van der Waals surface area contributed by atoms with E-state index < -0.39 is 60.0 Å². The van der Waals surface area contributed by atoms with Crippen molar-refractivity contribution in [3.8, 4) is 17.2 Å². The molecule has 0 saturated heterocycles. The second-order valence-electron chi connectivity index (χ2n) is 7.65. The first kappa shape index (κ1) is 32.8. The molecule has 0 aliphatic carbocycles. The fourth-order valence-corrected chi connectivity index (χ4v) is 3.82. The molecule has 0 heterocycles. The zero-order valence-electron chi connectivity index (χ0n) is 20.3. The van der Waals surface area contributed by atoms with Gasteiger partial charge in [-0.3, -0.25) is 24.8 Å². The van der Waals surface area contributed by atoms with E-state index in [9.17, 15) is 48.5 Å². The molecule has 0 saturated carbocycles. The third kappa shape index (κ3) is 7.21. The van der Waals surface area contributed by atoms with Gasteiger partial charge in [0.15, 0.2) is 0 Å². The normalized spacial score (nSPS) is 11.3. The maximum absolute atomic E-state index is 12.3. The quantitative estimate of drug-likeness (QED) is 0.101. The molecule has 0 spiro atoms.